The van der Waals surface area contributed by atoms with Crippen LogP contribution in [0.5, 0.6) is 0 Å². The molecule has 0 fully saturated rings. The lowest BCUT2D eigenvalue weighted by atomic mass is 9.84. The second kappa shape index (κ2) is 7.07. The minimum absolute atomic E-state index is 0.0435. The Balaban J connectivity index is 2.12. The van der Waals surface area contributed by atoms with Crippen LogP contribution in [0.1, 0.15) is 37.6 Å². The molecule has 2 heterocycles. The third-order valence-electron chi connectivity index (χ3n) is 5.74. The molecule has 0 amide bonds. The van der Waals surface area contributed by atoms with Gasteiger partial charge in [-0.2, -0.15) is 4.57 Å². The fourth-order valence-corrected chi connectivity index (χ4v) is 3.97. The molecule has 0 bridgehead atoms. The standard InChI is InChI=1S/C26H29N3/c1-18-11-12-20-9-7-8-10-23(20)29(18)25-16-21(26(3,4)5)15-22(19(25)2)24-13-14-27-17-28(24)6/h7-17H,1-6H3/q+2. The predicted molar refractivity (Wildman–Crippen MR) is 118 cm³/mol. The smallest absolute Gasteiger partial charge is 0.233 e. The van der Waals surface area contributed by atoms with E-state index in [1.165, 1.54) is 44.7 Å². The second-order valence-electron chi connectivity index (χ2n) is 8.86. The van der Waals surface area contributed by atoms with Crippen LogP contribution in [0.15, 0.2) is 67.1 Å². The Morgan fingerprint density at radius 2 is 1.66 bits per heavy atom. The molecule has 0 N–H and O–H groups in total. The highest BCUT2D eigenvalue weighted by molar-refractivity contribution is 5.76. The molecule has 0 saturated carbocycles. The van der Waals surface area contributed by atoms with Crippen LogP contribution in [0.4, 0.5) is 0 Å². The summed E-state index contributed by atoms with van der Waals surface area (Å²) >= 11 is 0. The van der Waals surface area contributed by atoms with Gasteiger partial charge in [-0.1, -0.05) is 37.9 Å². The summed E-state index contributed by atoms with van der Waals surface area (Å²) < 4.78 is 4.49. The van der Waals surface area contributed by atoms with Gasteiger partial charge in [0.25, 0.3) is 6.33 Å². The molecule has 0 saturated heterocycles. The molecular weight excluding hydrogens is 354 g/mol. The maximum absolute atomic E-state index is 4.26. The first kappa shape index (κ1) is 19.3. The Morgan fingerprint density at radius 3 is 2.38 bits per heavy atom. The normalized spacial score (nSPS) is 11.8. The first-order valence-corrected chi connectivity index (χ1v) is 10.1. The van der Waals surface area contributed by atoms with E-state index in [4.69, 9.17) is 0 Å². The number of nitrogens with zero attached hydrogens (tertiary/aromatic N) is 3. The van der Waals surface area contributed by atoms with Crippen molar-refractivity contribution >= 4 is 10.9 Å². The van der Waals surface area contributed by atoms with Gasteiger partial charge >= 0.3 is 0 Å². The van der Waals surface area contributed by atoms with E-state index in [1.54, 1.807) is 0 Å². The Labute approximate surface area is 173 Å². The summed E-state index contributed by atoms with van der Waals surface area (Å²) in [4.78, 5) is 4.26. The Kier molecular flexibility index (Phi) is 4.70. The van der Waals surface area contributed by atoms with Crippen molar-refractivity contribution in [1.82, 2.24) is 4.98 Å². The highest BCUT2D eigenvalue weighted by atomic mass is 15.0. The van der Waals surface area contributed by atoms with Crippen molar-refractivity contribution in [3.8, 4) is 16.9 Å². The van der Waals surface area contributed by atoms with Crippen LogP contribution < -0.4 is 9.13 Å². The average Bonchev–Trinajstić information content (AvgIpc) is 2.68. The minimum atomic E-state index is 0.0435. The molecule has 0 aliphatic rings. The maximum Gasteiger partial charge on any atom is 0.286 e. The van der Waals surface area contributed by atoms with Crippen LogP contribution in [-0.4, -0.2) is 4.98 Å². The summed E-state index contributed by atoms with van der Waals surface area (Å²) in [5.74, 6) is 0. The quantitative estimate of drug-likeness (QED) is 0.450. The van der Waals surface area contributed by atoms with Gasteiger partial charge in [-0.05, 0) is 36.1 Å². The lowest BCUT2D eigenvalue weighted by Crippen LogP contribution is -2.37. The van der Waals surface area contributed by atoms with Gasteiger partial charge in [0, 0.05) is 47.7 Å². The number of rotatable bonds is 2. The highest BCUT2D eigenvalue weighted by Crippen LogP contribution is 2.32. The minimum Gasteiger partial charge on any atom is -0.233 e. The average molecular weight is 384 g/mol. The van der Waals surface area contributed by atoms with E-state index in [1.807, 2.05) is 12.5 Å². The molecule has 0 aliphatic carbocycles. The molecular formula is C26H29N3+2. The van der Waals surface area contributed by atoms with Crippen LogP contribution in [0.2, 0.25) is 0 Å². The molecule has 0 spiro atoms. The SMILES string of the molecule is Cc1c(-c2ccnc[n+]2C)cc(C(C)(C)C)cc1-[n+]1c(C)ccc2ccccc21. The first-order chi connectivity index (χ1) is 13.8. The van der Waals surface area contributed by atoms with Crippen molar-refractivity contribution in [1.29, 1.82) is 0 Å². The van der Waals surface area contributed by atoms with E-state index in [2.05, 4.69) is 110 Å². The molecule has 0 unspecified atom stereocenters. The van der Waals surface area contributed by atoms with Crippen molar-refractivity contribution in [2.24, 2.45) is 7.05 Å². The maximum atomic E-state index is 4.26. The van der Waals surface area contributed by atoms with Crippen LogP contribution in [0.25, 0.3) is 27.8 Å². The van der Waals surface area contributed by atoms with Gasteiger partial charge in [0.15, 0.2) is 5.69 Å². The third kappa shape index (κ3) is 3.42. The van der Waals surface area contributed by atoms with Gasteiger partial charge in [-0.3, -0.25) is 0 Å². The van der Waals surface area contributed by atoms with Crippen molar-refractivity contribution in [2.75, 3.05) is 0 Å². The summed E-state index contributed by atoms with van der Waals surface area (Å²) in [6.07, 6.45) is 3.74. The van der Waals surface area contributed by atoms with Gasteiger partial charge in [0.1, 0.15) is 11.9 Å². The van der Waals surface area contributed by atoms with E-state index in [0.29, 0.717) is 0 Å². The molecule has 4 aromatic rings. The largest absolute Gasteiger partial charge is 0.286 e. The molecule has 146 valence electrons. The number of benzene rings is 2. The molecule has 0 aliphatic heterocycles. The third-order valence-corrected chi connectivity index (χ3v) is 5.74. The molecule has 3 heteroatoms. The zero-order valence-corrected chi connectivity index (χ0v) is 18.2. The lowest BCUT2D eigenvalue weighted by molar-refractivity contribution is -0.663. The Hall–Kier alpha value is -3.07. The van der Waals surface area contributed by atoms with E-state index >= 15 is 0 Å². The number of para-hydroxylation sites is 1. The number of fused-ring (bicyclic) bond motifs is 1. The zero-order chi connectivity index (χ0) is 20.8. The summed E-state index contributed by atoms with van der Waals surface area (Å²) in [6, 6.07) is 19.8. The predicted octanol–water partition coefficient (Wildman–Crippen LogP) is 4.92. The van der Waals surface area contributed by atoms with Crippen LogP contribution >= 0.6 is 0 Å². The summed E-state index contributed by atoms with van der Waals surface area (Å²) in [5, 5.41) is 1.25. The zero-order valence-electron chi connectivity index (χ0n) is 18.2. The van der Waals surface area contributed by atoms with Gasteiger partial charge in [-0.15, -0.1) is 0 Å². The number of hydrogen-bond acceptors (Lipinski definition) is 1. The van der Waals surface area contributed by atoms with E-state index < -0.39 is 0 Å². The molecule has 0 atom stereocenters. The molecule has 29 heavy (non-hydrogen) atoms. The van der Waals surface area contributed by atoms with Crippen molar-refractivity contribution in [2.45, 2.75) is 40.0 Å². The van der Waals surface area contributed by atoms with E-state index in [9.17, 15) is 0 Å². The Morgan fingerprint density at radius 1 is 0.897 bits per heavy atom. The highest BCUT2D eigenvalue weighted by Gasteiger charge is 2.26. The van der Waals surface area contributed by atoms with Crippen molar-refractivity contribution in [3.63, 3.8) is 0 Å². The fourth-order valence-electron chi connectivity index (χ4n) is 3.97. The number of hydrogen-bond donors (Lipinski definition) is 0. The van der Waals surface area contributed by atoms with Crippen LogP contribution in [0.3, 0.4) is 0 Å². The van der Waals surface area contributed by atoms with Crippen LogP contribution in [0, 0.1) is 13.8 Å². The van der Waals surface area contributed by atoms with Gasteiger partial charge in [0.2, 0.25) is 11.2 Å². The molecule has 3 nitrogen and oxygen atoms in total. The lowest BCUT2D eigenvalue weighted by Gasteiger charge is -2.22. The molecule has 2 aromatic carbocycles. The second-order valence-corrected chi connectivity index (χ2v) is 8.86. The van der Waals surface area contributed by atoms with Gasteiger partial charge in [0.05, 0.1) is 7.05 Å². The fraction of sp³-hybridized carbons (Fsp3) is 0.269. The van der Waals surface area contributed by atoms with Crippen LogP contribution in [-0.2, 0) is 12.5 Å². The topological polar surface area (TPSA) is 20.6 Å². The first-order valence-electron chi connectivity index (χ1n) is 10.1. The molecule has 4 rings (SSSR count). The van der Waals surface area contributed by atoms with Crippen molar-refractivity contribution in [3.05, 3.63) is 83.9 Å². The van der Waals surface area contributed by atoms with Gasteiger partial charge in [-0.25, -0.2) is 4.57 Å². The summed E-state index contributed by atoms with van der Waals surface area (Å²) in [6.45, 7) is 11.2. The monoisotopic (exact) mass is 383 g/mol. The van der Waals surface area contributed by atoms with Crippen molar-refractivity contribution < 1.29 is 9.13 Å². The van der Waals surface area contributed by atoms with E-state index in [0.717, 1.165) is 0 Å². The Bertz CT molecular complexity index is 1220. The number of aryl methyl sites for hydroxylation is 2. The van der Waals surface area contributed by atoms with Gasteiger partial charge < -0.3 is 0 Å². The number of aromatic nitrogens is 3. The number of pyridine rings is 1. The molecule has 2 aromatic heterocycles. The molecule has 0 radical (unpaired) electrons. The van der Waals surface area contributed by atoms with E-state index in [-0.39, 0.29) is 5.41 Å². The summed E-state index contributed by atoms with van der Waals surface area (Å²) in [5.41, 5.74) is 8.74. The summed E-state index contributed by atoms with van der Waals surface area (Å²) in [7, 11) is 2.06.